The predicted octanol–water partition coefficient (Wildman–Crippen LogP) is 3.19. The molecule has 0 aliphatic carbocycles. The lowest BCUT2D eigenvalue weighted by molar-refractivity contribution is -0.145. The number of esters is 1. The number of hydrogen-bond acceptors (Lipinski definition) is 8. The van der Waals surface area contributed by atoms with Gasteiger partial charge in [0.15, 0.2) is 24.7 Å². The minimum atomic E-state index is -0.384. The summed E-state index contributed by atoms with van der Waals surface area (Å²) >= 11 is 0. The molecule has 150 valence electrons. The number of fused-ring (bicyclic) bond motifs is 1. The smallest absolute Gasteiger partial charge is 0.306 e. The van der Waals surface area contributed by atoms with Gasteiger partial charge in [-0.3, -0.25) is 4.79 Å². The Morgan fingerprint density at radius 1 is 1.07 bits per heavy atom. The minimum absolute atomic E-state index is 0.0488. The fourth-order valence-corrected chi connectivity index (χ4v) is 2.64. The summed E-state index contributed by atoms with van der Waals surface area (Å²) in [5.41, 5.74) is 0.948. The molecule has 0 amide bonds. The summed E-state index contributed by atoms with van der Waals surface area (Å²) < 4.78 is 39.0. The molecule has 0 radical (unpaired) electrons. The molecule has 1 aromatic heterocycles. The van der Waals surface area contributed by atoms with Gasteiger partial charge in [-0.05, 0) is 48.4 Å². The Balaban J connectivity index is 1.20. The molecule has 29 heavy (non-hydrogen) atoms. The molecule has 0 fully saturated rings. The van der Waals surface area contributed by atoms with Crippen molar-refractivity contribution >= 4 is 5.97 Å². The van der Waals surface area contributed by atoms with Crippen LogP contribution in [0.2, 0.25) is 0 Å². The van der Waals surface area contributed by atoms with E-state index in [0.29, 0.717) is 29.5 Å². The van der Waals surface area contributed by atoms with Gasteiger partial charge in [-0.2, -0.15) is 4.98 Å². The van der Waals surface area contributed by atoms with Crippen LogP contribution in [0.1, 0.15) is 23.7 Å². The normalized spacial score (nSPS) is 12.0. The van der Waals surface area contributed by atoms with Gasteiger partial charge < -0.3 is 23.5 Å². The van der Waals surface area contributed by atoms with Crippen LogP contribution in [0.3, 0.4) is 0 Å². The summed E-state index contributed by atoms with van der Waals surface area (Å²) in [6.07, 6.45) is 0.713. The van der Waals surface area contributed by atoms with Gasteiger partial charge in [0.1, 0.15) is 11.6 Å². The van der Waals surface area contributed by atoms with Gasteiger partial charge in [0.05, 0.1) is 0 Å². The SMILES string of the molecule is O=C(CCc1ccc2c(c1)OCO2)OCc1nc(COc2ccc(F)cc2)no1. The average molecular weight is 400 g/mol. The van der Waals surface area contributed by atoms with Crippen LogP contribution >= 0.6 is 0 Å². The van der Waals surface area contributed by atoms with Gasteiger partial charge in [-0.25, -0.2) is 4.39 Å². The lowest BCUT2D eigenvalue weighted by Crippen LogP contribution is -2.06. The van der Waals surface area contributed by atoms with Crippen molar-refractivity contribution in [3.63, 3.8) is 0 Å². The van der Waals surface area contributed by atoms with Crippen molar-refractivity contribution in [3.05, 3.63) is 65.6 Å². The number of hydrogen-bond donors (Lipinski definition) is 0. The number of ether oxygens (including phenoxy) is 4. The second-order valence-corrected chi connectivity index (χ2v) is 6.20. The largest absolute Gasteiger partial charge is 0.485 e. The molecule has 0 unspecified atom stereocenters. The van der Waals surface area contributed by atoms with Crippen molar-refractivity contribution in [3.8, 4) is 17.2 Å². The second kappa shape index (κ2) is 8.59. The minimum Gasteiger partial charge on any atom is -0.485 e. The first-order valence-corrected chi connectivity index (χ1v) is 8.90. The van der Waals surface area contributed by atoms with E-state index in [2.05, 4.69) is 10.1 Å². The molecule has 0 atom stereocenters. The summed E-state index contributed by atoms with van der Waals surface area (Å²) in [5, 5.41) is 3.75. The summed E-state index contributed by atoms with van der Waals surface area (Å²) in [5.74, 6) is 1.58. The van der Waals surface area contributed by atoms with Crippen LogP contribution in [0.15, 0.2) is 47.0 Å². The van der Waals surface area contributed by atoms with Gasteiger partial charge in [-0.1, -0.05) is 11.2 Å². The van der Waals surface area contributed by atoms with E-state index in [1.807, 2.05) is 18.2 Å². The molecule has 4 rings (SSSR count). The van der Waals surface area contributed by atoms with Crippen molar-refractivity contribution in [1.82, 2.24) is 10.1 Å². The van der Waals surface area contributed by atoms with E-state index in [1.54, 1.807) is 0 Å². The van der Waals surface area contributed by atoms with Gasteiger partial charge in [0.2, 0.25) is 12.6 Å². The van der Waals surface area contributed by atoms with Crippen LogP contribution in [0.5, 0.6) is 17.2 Å². The molecular weight excluding hydrogens is 383 g/mol. The third-order valence-electron chi connectivity index (χ3n) is 4.10. The Hall–Kier alpha value is -3.62. The maximum Gasteiger partial charge on any atom is 0.306 e. The summed E-state index contributed by atoms with van der Waals surface area (Å²) in [6.45, 7) is 0.138. The van der Waals surface area contributed by atoms with Gasteiger partial charge in [0.25, 0.3) is 5.89 Å². The first kappa shape index (κ1) is 18.7. The highest BCUT2D eigenvalue weighted by Gasteiger charge is 2.14. The maximum atomic E-state index is 12.9. The van der Waals surface area contributed by atoms with Crippen LogP contribution in [-0.2, 0) is 29.2 Å². The molecule has 0 spiro atoms. The number of aryl methyl sites for hydroxylation is 1. The van der Waals surface area contributed by atoms with Crippen molar-refractivity contribution in [2.75, 3.05) is 6.79 Å². The van der Waals surface area contributed by atoms with Crippen LogP contribution in [-0.4, -0.2) is 22.9 Å². The Morgan fingerprint density at radius 3 is 2.76 bits per heavy atom. The fraction of sp³-hybridized carbons (Fsp3) is 0.250. The van der Waals surface area contributed by atoms with E-state index >= 15 is 0 Å². The Kier molecular flexibility index (Phi) is 5.55. The van der Waals surface area contributed by atoms with Gasteiger partial charge in [0, 0.05) is 6.42 Å². The first-order chi connectivity index (χ1) is 14.2. The summed E-state index contributed by atoms with van der Waals surface area (Å²) in [4.78, 5) is 16.0. The van der Waals surface area contributed by atoms with Crippen LogP contribution < -0.4 is 14.2 Å². The quantitative estimate of drug-likeness (QED) is 0.532. The molecule has 3 aromatic rings. The molecule has 2 heterocycles. The molecular formula is C20H17FN2O6. The van der Waals surface area contributed by atoms with E-state index in [-0.39, 0.29) is 44.1 Å². The monoisotopic (exact) mass is 400 g/mol. The second-order valence-electron chi connectivity index (χ2n) is 6.20. The Morgan fingerprint density at radius 2 is 1.90 bits per heavy atom. The van der Waals surface area contributed by atoms with E-state index in [1.165, 1.54) is 24.3 Å². The number of halogens is 1. The fourth-order valence-electron chi connectivity index (χ4n) is 2.64. The summed E-state index contributed by atoms with van der Waals surface area (Å²) in [7, 11) is 0. The molecule has 1 aliphatic heterocycles. The van der Waals surface area contributed by atoms with Gasteiger partial charge in [-0.15, -0.1) is 0 Å². The standard InChI is InChI=1S/C20H17FN2O6/c21-14-3-5-15(6-4-14)25-10-18-22-19(29-23-18)11-26-20(24)8-2-13-1-7-16-17(9-13)28-12-27-16/h1,3-7,9H,2,8,10-12H2. The van der Waals surface area contributed by atoms with Crippen molar-refractivity contribution < 1.29 is 32.7 Å². The van der Waals surface area contributed by atoms with E-state index < -0.39 is 0 Å². The third-order valence-corrected chi connectivity index (χ3v) is 4.10. The number of aromatic nitrogens is 2. The molecule has 0 saturated carbocycles. The zero-order valence-electron chi connectivity index (χ0n) is 15.3. The molecule has 0 bridgehead atoms. The van der Waals surface area contributed by atoms with Crippen LogP contribution in [0.25, 0.3) is 0 Å². The van der Waals surface area contributed by atoms with Crippen molar-refractivity contribution in [1.29, 1.82) is 0 Å². The molecule has 0 N–H and O–H groups in total. The molecule has 8 nitrogen and oxygen atoms in total. The lowest BCUT2D eigenvalue weighted by Gasteiger charge is -2.04. The van der Waals surface area contributed by atoms with E-state index in [4.69, 9.17) is 23.5 Å². The maximum absolute atomic E-state index is 12.9. The zero-order valence-corrected chi connectivity index (χ0v) is 15.3. The highest BCUT2D eigenvalue weighted by molar-refractivity contribution is 5.69. The molecule has 9 heteroatoms. The molecule has 2 aromatic carbocycles. The first-order valence-electron chi connectivity index (χ1n) is 8.90. The highest BCUT2D eigenvalue weighted by atomic mass is 19.1. The molecule has 1 aliphatic rings. The summed E-state index contributed by atoms with van der Waals surface area (Å²) in [6, 6.07) is 11.1. The van der Waals surface area contributed by atoms with E-state index in [0.717, 1.165) is 5.56 Å². The Bertz CT molecular complexity index is 989. The number of rotatable bonds is 8. The highest BCUT2D eigenvalue weighted by Crippen LogP contribution is 2.32. The van der Waals surface area contributed by atoms with Crippen molar-refractivity contribution in [2.24, 2.45) is 0 Å². The van der Waals surface area contributed by atoms with Crippen LogP contribution in [0, 0.1) is 5.82 Å². The van der Waals surface area contributed by atoms with Crippen LogP contribution in [0.4, 0.5) is 4.39 Å². The molecule has 0 saturated heterocycles. The Labute approximate surface area is 165 Å². The zero-order chi connectivity index (χ0) is 20.1. The van der Waals surface area contributed by atoms with Gasteiger partial charge >= 0.3 is 5.97 Å². The van der Waals surface area contributed by atoms with Crippen molar-refractivity contribution in [2.45, 2.75) is 26.1 Å². The topological polar surface area (TPSA) is 92.9 Å². The lowest BCUT2D eigenvalue weighted by atomic mass is 10.1. The van der Waals surface area contributed by atoms with E-state index in [9.17, 15) is 9.18 Å². The predicted molar refractivity (Wildman–Crippen MR) is 95.7 cm³/mol. The average Bonchev–Trinajstić information content (AvgIpc) is 3.39. The third kappa shape index (κ3) is 5.01. The number of carbonyl (C=O) groups excluding carboxylic acids is 1. The number of benzene rings is 2. The number of carbonyl (C=O) groups is 1. The number of nitrogens with zero attached hydrogens (tertiary/aromatic N) is 2.